The number of likely N-dealkylation sites (N-methyl/N-ethyl adjacent to an activating group) is 1. The molecule has 0 spiro atoms. The fourth-order valence-electron chi connectivity index (χ4n) is 2.03. The monoisotopic (exact) mass is 408 g/mol. The van der Waals surface area contributed by atoms with Gasteiger partial charge in [-0.1, -0.05) is 18.7 Å². The SMILES string of the molecule is CCN(CCN(CC(=O)OC)CC(=O)SCCOCCOC)CC(=O)OC. The lowest BCUT2D eigenvalue weighted by atomic mass is 10.4. The summed E-state index contributed by atoms with van der Waals surface area (Å²) in [6.07, 6.45) is 0. The van der Waals surface area contributed by atoms with Crippen molar-refractivity contribution in [1.29, 1.82) is 0 Å². The molecule has 0 aromatic heterocycles. The van der Waals surface area contributed by atoms with E-state index in [-0.39, 0.29) is 30.7 Å². The molecule has 27 heavy (non-hydrogen) atoms. The number of nitrogens with zero attached hydrogens (tertiary/aromatic N) is 2. The van der Waals surface area contributed by atoms with Crippen LogP contribution in [0.1, 0.15) is 6.92 Å². The maximum absolute atomic E-state index is 12.2. The highest BCUT2D eigenvalue weighted by Gasteiger charge is 2.17. The van der Waals surface area contributed by atoms with Gasteiger partial charge in [0.15, 0.2) is 0 Å². The maximum Gasteiger partial charge on any atom is 0.319 e. The zero-order valence-electron chi connectivity index (χ0n) is 16.7. The molecule has 0 aliphatic carbocycles. The molecule has 0 aromatic carbocycles. The Bertz CT molecular complexity index is 438. The lowest BCUT2D eigenvalue weighted by Gasteiger charge is -2.25. The molecule has 0 aromatic rings. The van der Waals surface area contributed by atoms with E-state index >= 15 is 0 Å². The number of thioether (sulfide) groups is 1. The molecule has 0 rings (SSSR count). The smallest absolute Gasteiger partial charge is 0.319 e. The first kappa shape index (κ1) is 25.8. The van der Waals surface area contributed by atoms with Crippen LogP contribution in [0.2, 0.25) is 0 Å². The van der Waals surface area contributed by atoms with Crippen LogP contribution in [0.4, 0.5) is 0 Å². The van der Waals surface area contributed by atoms with Crippen molar-refractivity contribution in [3.8, 4) is 0 Å². The molecule has 0 radical (unpaired) electrons. The van der Waals surface area contributed by atoms with Crippen molar-refractivity contribution < 1.29 is 33.3 Å². The minimum absolute atomic E-state index is 0.0168. The molecule has 0 N–H and O–H groups in total. The Hall–Kier alpha value is -1.20. The third-order valence-electron chi connectivity index (χ3n) is 3.62. The van der Waals surface area contributed by atoms with E-state index in [0.29, 0.717) is 45.2 Å². The number of rotatable bonds is 16. The summed E-state index contributed by atoms with van der Waals surface area (Å²) in [5, 5.41) is -0.0507. The highest BCUT2D eigenvalue weighted by Crippen LogP contribution is 2.05. The fourth-order valence-corrected chi connectivity index (χ4v) is 2.73. The van der Waals surface area contributed by atoms with Crippen molar-refractivity contribution in [3.05, 3.63) is 0 Å². The van der Waals surface area contributed by atoms with Crippen molar-refractivity contribution in [1.82, 2.24) is 9.80 Å². The van der Waals surface area contributed by atoms with Gasteiger partial charge in [-0.2, -0.15) is 0 Å². The Morgan fingerprint density at radius 2 is 1.41 bits per heavy atom. The van der Waals surface area contributed by atoms with Gasteiger partial charge in [-0.25, -0.2) is 0 Å². The summed E-state index contributed by atoms with van der Waals surface area (Å²) in [6, 6.07) is 0. The van der Waals surface area contributed by atoms with Gasteiger partial charge in [0.25, 0.3) is 0 Å². The molecule has 0 amide bonds. The van der Waals surface area contributed by atoms with Crippen molar-refractivity contribution in [2.45, 2.75) is 6.92 Å². The fraction of sp³-hybridized carbons (Fsp3) is 0.824. The first-order valence-corrected chi connectivity index (χ1v) is 9.75. The summed E-state index contributed by atoms with van der Waals surface area (Å²) in [7, 11) is 4.25. The van der Waals surface area contributed by atoms with Crippen LogP contribution in [0.3, 0.4) is 0 Å². The normalized spacial score (nSPS) is 11.0. The highest BCUT2D eigenvalue weighted by atomic mass is 32.2. The first-order chi connectivity index (χ1) is 13.0. The number of methoxy groups -OCH3 is 3. The Kier molecular flexibility index (Phi) is 16.2. The van der Waals surface area contributed by atoms with Gasteiger partial charge in [-0.05, 0) is 6.54 Å². The summed E-state index contributed by atoms with van der Waals surface area (Å²) in [5.74, 6) is -0.193. The Labute approximate surface area is 165 Å². The van der Waals surface area contributed by atoms with Gasteiger partial charge in [0.1, 0.15) is 0 Å². The van der Waals surface area contributed by atoms with Gasteiger partial charge in [0, 0.05) is 26.0 Å². The van der Waals surface area contributed by atoms with Crippen molar-refractivity contribution in [2.24, 2.45) is 0 Å². The summed E-state index contributed by atoms with van der Waals surface area (Å²) in [4.78, 5) is 38.8. The van der Waals surface area contributed by atoms with E-state index in [1.165, 1.54) is 26.0 Å². The van der Waals surface area contributed by atoms with Crippen LogP contribution in [-0.2, 0) is 33.3 Å². The molecule has 0 aliphatic heterocycles. The van der Waals surface area contributed by atoms with Crippen molar-refractivity contribution in [3.63, 3.8) is 0 Å². The summed E-state index contributed by atoms with van der Waals surface area (Å²) < 4.78 is 19.6. The van der Waals surface area contributed by atoms with Crippen LogP contribution in [0, 0.1) is 0 Å². The summed E-state index contributed by atoms with van der Waals surface area (Å²) >= 11 is 1.17. The van der Waals surface area contributed by atoms with Crippen molar-refractivity contribution in [2.75, 3.05) is 86.2 Å². The van der Waals surface area contributed by atoms with Gasteiger partial charge in [-0.15, -0.1) is 0 Å². The summed E-state index contributed by atoms with van der Waals surface area (Å²) in [5.41, 5.74) is 0. The molecule has 0 saturated carbocycles. The molecular weight excluding hydrogens is 376 g/mol. The second kappa shape index (κ2) is 16.9. The van der Waals surface area contributed by atoms with E-state index in [1.807, 2.05) is 11.8 Å². The largest absolute Gasteiger partial charge is 0.468 e. The molecule has 0 unspecified atom stereocenters. The van der Waals surface area contributed by atoms with E-state index in [1.54, 1.807) is 12.0 Å². The van der Waals surface area contributed by atoms with Crippen LogP contribution >= 0.6 is 11.8 Å². The second-order valence-electron chi connectivity index (χ2n) is 5.56. The van der Waals surface area contributed by atoms with Gasteiger partial charge in [0.05, 0.1) is 53.7 Å². The summed E-state index contributed by atoms with van der Waals surface area (Å²) in [6.45, 7) is 5.34. The Balaban J connectivity index is 4.38. The lowest BCUT2D eigenvalue weighted by Crippen LogP contribution is -2.41. The molecule has 0 aliphatic rings. The lowest BCUT2D eigenvalue weighted by molar-refractivity contribution is -0.143. The Morgan fingerprint density at radius 3 is 1.96 bits per heavy atom. The van der Waals surface area contributed by atoms with Crippen molar-refractivity contribution >= 4 is 28.8 Å². The molecule has 158 valence electrons. The average molecular weight is 409 g/mol. The molecule has 0 fully saturated rings. The minimum atomic E-state index is -0.410. The molecule has 9 nitrogen and oxygen atoms in total. The topological polar surface area (TPSA) is 94.6 Å². The van der Waals surface area contributed by atoms with Crippen LogP contribution in [0.5, 0.6) is 0 Å². The highest BCUT2D eigenvalue weighted by molar-refractivity contribution is 8.13. The predicted octanol–water partition coefficient (Wildman–Crippen LogP) is -0.121. The van der Waals surface area contributed by atoms with Gasteiger partial charge >= 0.3 is 11.9 Å². The van der Waals surface area contributed by atoms with Gasteiger partial charge in [-0.3, -0.25) is 24.2 Å². The third-order valence-corrected chi connectivity index (χ3v) is 4.44. The van der Waals surface area contributed by atoms with E-state index in [9.17, 15) is 14.4 Å². The number of hydrogen-bond donors (Lipinski definition) is 0. The molecule has 0 atom stereocenters. The second-order valence-corrected chi connectivity index (χ2v) is 6.71. The van der Waals surface area contributed by atoms with E-state index in [0.717, 1.165) is 0 Å². The van der Waals surface area contributed by atoms with E-state index in [4.69, 9.17) is 14.2 Å². The van der Waals surface area contributed by atoms with E-state index in [2.05, 4.69) is 4.74 Å². The van der Waals surface area contributed by atoms with E-state index < -0.39 is 5.97 Å². The maximum atomic E-state index is 12.2. The number of ether oxygens (including phenoxy) is 4. The Morgan fingerprint density at radius 1 is 0.815 bits per heavy atom. The third kappa shape index (κ3) is 14.5. The number of hydrogen-bond acceptors (Lipinski definition) is 10. The molecule has 0 saturated heterocycles. The number of carbonyl (C=O) groups is 3. The standard InChI is InChI=1S/C17H32N2O7S/c1-5-18(12-15(20)24-3)6-7-19(13-16(21)25-4)14-17(22)27-11-10-26-9-8-23-2/h5-14H2,1-4H3. The first-order valence-electron chi connectivity index (χ1n) is 8.77. The van der Waals surface area contributed by atoms with Gasteiger partial charge in [0.2, 0.25) is 5.12 Å². The van der Waals surface area contributed by atoms with Crippen LogP contribution < -0.4 is 0 Å². The molecule has 10 heteroatoms. The quantitative estimate of drug-likeness (QED) is 0.254. The molecule has 0 heterocycles. The number of esters is 2. The number of carbonyl (C=O) groups excluding carboxylic acids is 3. The predicted molar refractivity (Wildman–Crippen MR) is 103 cm³/mol. The minimum Gasteiger partial charge on any atom is -0.468 e. The van der Waals surface area contributed by atoms with Crippen LogP contribution in [0.15, 0.2) is 0 Å². The van der Waals surface area contributed by atoms with Crippen LogP contribution in [0.25, 0.3) is 0 Å². The zero-order chi connectivity index (χ0) is 20.5. The average Bonchev–Trinajstić information content (AvgIpc) is 2.67. The van der Waals surface area contributed by atoms with Gasteiger partial charge < -0.3 is 18.9 Å². The molecule has 0 bridgehead atoms. The molecular formula is C17H32N2O7S. The van der Waals surface area contributed by atoms with Crippen LogP contribution in [-0.4, -0.2) is 113 Å². The zero-order valence-corrected chi connectivity index (χ0v) is 17.5.